The minimum Gasteiger partial charge on any atom is -0.465 e. The largest absolute Gasteiger partial charge is 0.465 e. The topological polar surface area (TPSA) is 93.4 Å². The molecule has 1 N–H and O–H groups in total. The number of hydrogen-bond donors (Lipinski definition) is 1. The maximum absolute atomic E-state index is 12.6. The van der Waals surface area contributed by atoms with Gasteiger partial charge in [-0.25, -0.2) is 4.79 Å². The molecule has 1 aliphatic rings. The van der Waals surface area contributed by atoms with Crippen LogP contribution < -0.4 is 5.32 Å². The molecule has 1 fully saturated rings. The SMILES string of the molecule is COC(=O)c1ccc(NC(=O)/C(C#N)=C/c2cc(C)n(C[C@H]3CCCO3)c2C)cc1. The first-order valence-electron chi connectivity index (χ1n) is 9.82. The van der Waals surface area contributed by atoms with Crippen LogP contribution in [0.15, 0.2) is 35.9 Å². The summed E-state index contributed by atoms with van der Waals surface area (Å²) in [7, 11) is 1.31. The van der Waals surface area contributed by atoms with Gasteiger partial charge < -0.3 is 19.4 Å². The first-order chi connectivity index (χ1) is 14.4. The van der Waals surface area contributed by atoms with Crippen LogP contribution >= 0.6 is 0 Å². The van der Waals surface area contributed by atoms with Crippen molar-refractivity contribution in [1.29, 1.82) is 5.26 Å². The van der Waals surface area contributed by atoms with Crippen LogP contribution in [0, 0.1) is 25.2 Å². The average molecular weight is 407 g/mol. The van der Waals surface area contributed by atoms with Crippen molar-refractivity contribution in [2.45, 2.75) is 39.3 Å². The fraction of sp³-hybridized carbons (Fsp3) is 0.348. The lowest BCUT2D eigenvalue weighted by molar-refractivity contribution is -0.112. The second-order valence-electron chi connectivity index (χ2n) is 7.26. The van der Waals surface area contributed by atoms with E-state index in [1.807, 2.05) is 26.0 Å². The number of hydrogen-bond acceptors (Lipinski definition) is 5. The third kappa shape index (κ3) is 4.78. The Morgan fingerprint density at radius 3 is 2.67 bits per heavy atom. The molecule has 3 rings (SSSR count). The van der Waals surface area contributed by atoms with Gasteiger partial charge in [-0.1, -0.05) is 0 Å². The maximum atomic E-state index is 12.6. The van der Waals surface area contributed by atoms with E-state index >= 15 is 0 Å². The molecule has 0 spiro atoms. The predicted molar refractivity (Wildman–Crippen MR) is 113 cm³/mol. The van der Waals surface area contributed by atoms with Gasteiger partial charge >= 0.3 is 5.97 Å². The van der Waals surface area contributed by atoms with E-state index < -0.39 is 11.9 Å². The van der Waals surface area contributed by atoms with Gasteiger partial charge in [-0.15, -0.1) is 0 Å². The molecule has 1 aliphatic heterocycles. The van der Waals surface area contributed by atoms with Crippen molar-refractivity contribution < 1.29 is 19.1 Å². The number of rotatable bonds is 6. The Labute approximate surface area is 175 Å². The van der Waals surface area contributed by atoms with E-state index in [2.05, 4.69) is 14.6 Å². The zero-order valence-electron chi connectivity index (χ0n) is 17.4. The van der Waals surface area contributed by atoms with Gasteiger partial charge in [0.15, 0.2) is 0 Å². The fourth-order valence-corrected chi connectivity index (χ4v) is 3.56. The zero-order chi connectivity index (χ0) is 21.7. The number of aromatic nitrogens is 1. The van der Waals surface area contributed by atoms with Crippen molar-refractivity contribution in [2.24, 2.45) is 0 Å². The van der Waals surface area contributed by atoms with E-state index in [4.69, 9.17) is 4.74 Å². The Bertz CT molecular complexity index is 1010. The number of nitriles is 1. The number of benzene rings is 1. The van der Waals surface area contributed by atoms with Crippen molar-refractivity contribution in [3.05, 3.63) is 58.4 Å². The predicted octanol–water partition coefficient (Wildman–Crippen LogP) is 3.62. The first-order valence-corrected chi connectivity index (χ1v) is 9.82. The van der Waals surface area contributed by atoms with Crippen LogP contribution in [0.3, 0.4) is 0 Å². The van der Waals surface area contributed by atoms with Crippen LogP contribution in [0.2, 0.25) is 0 Å². The van der Waals surface area contributed by atoms with E-state index in [-0.39, 0.29) is 11.7 Å². The molecule has 7 heteroatoms. The highest BCUT2D eigenvalue weighted by Crippen LogP contribution is 2.22. The molecule has 0 aliphatic carbocycles. The summed E-state index contributed by atoms with van der Waals surface area (Å²) in [6, 6.07) is 10.2. The second-order valence-corrected chi connectivity index (χ2v) is 7.26. The Morgan fingerprint density at radius 1 is 1.33 bits per heavy atom. The number of esters is 1. The van der Waals surface area contributed by atoms with E-state index in [0.29, 0.717) is 11.3 Å². The van der Waals surface area contributed by atoms with E-state index in [9.17, 15) is 14.9 Å². The number of nitrogens with one attached hydrogen (secondary N) is 1. The molecular formula is C23H25N3O4. The molecule has 0 saturated carbocycles. The zero-order valence-corrected chi connectivity index (χ0v) is 17.4. The van der Waals surface area contributed by atoms with Gasteiger partial charge in [0.25, 0.3) is 5.91 Å². The van der Waals surface area contributed by atoms with Crippen molar-refractivity contribution in [3.8, 4) is 6.07 Å². The van der Waals surface area contributed by atoms with Gasteiger partial charge in [0.05, 0.1) is 18.8 Å². The van der Waals surface area contributed by atoms with Gasteiger partial charge in [0, 0.05) is 30.2 Å². The fourth-order valence-electron chi connectivity index (χ4n) is 3.56. The van der Waals surface area contributed by atoms with Crippen molar-refractivity contribution in [1.82, 2.24) is 4.57 Å². The summed E-state index contributed by atoms with van der Waals surface area (Å²) in [5.41, 5.74) is 3.75. The van der Waals surface area contributed by atoms with Crippen LogP contribution in [0.1, 0.15) is 40.2 Å². The molecule has 1 amide bonds. The molecule has 30 heavy (non-hydrogen) atoms. The molecule has 2 aromatic rings. The number of ether oxygens (including phenoxy) is 2. The number of methoxy groups -OCH3 is 1. The van der Waals surface area contributed by atoms with Crippen LogP contribution in [0.25, 0.3) is 6.08 Å². The van der Waals surface area contributed by atoms with Crippen molar-refractivity contribution in [3.63, 3.8) is 0 Å². The van der Waals surface area contributed by atoms with Crippen LogP contribution in [-0.2, 0) is 20.8 Å². The quantitative estimate of drug-likeness (QED) is 0.448. The number of nitrogens with zero attached hydrogens (tertiary/aromatic N) is 2. The standard InChI is InChI=1S/C23H25N3O4/c1-15-11-18(16(2)26(15)14-21-5-4-10-30-21)12-19(13-24)22(27)25-20-8-6-17(7-9-20)23(28)29-3/h6-9,11-12,21H,4-5,10,14H2,1-3H3,(H,25,27)/b19-12+/t21-/m1/s1. The molecule has 7 nitrogen and oxygen atoms in total. The third-order valence-electron chi connectivity index (χ3n) is 5.25. The Hall–Kier alpha value is -3.37. The Morgan fingerprint density at radius 2 is 2.07 bits per heavy atom. The smallest absolute Gasteiger partial charge is 0.337 e. The molecular weight excluding hydrogens is 382 g/mol. The van der Waals surface area contributed by atoms with Crippen molar-refractivity contribution >= 4 is 23.6 Å². The number of carbonyl (C=O) groups is 2. The minimum absolute atomic E-state index is 0.00408. The number of aryl methyl sites for hydroxylation is 1. The second kappa shape index (κ2) is 9.42. The minimum atomic E-state index is -0.507. The van der Waals surface area contributed by atoms with Crippen molar-refractivity contribution in [2.75, 3.05) is 19.0 Å². The number of carbonyl (C=O) groups excluding carboxylic acids is 2. The van der Waals surface area contributed by atoms with E-state index in [0.717, 1.165) is 42.9 Å². The lowest BCUT2D eigenvalue weighted by Gasteiger charge is -2.14. The molecule has 156 valence electrons. The number of amides is 1. The number of anilines is 1. The highest BCUT2D eigenvalue weighted by Gasteiger charge is 2.19. The van der Waals surface area contributed by atoms with Gasteiger partial charge in [-0.3, -0.25) is 4.79 Å². The van der Waals surface area contributed by atoms with Crippen LogP contribution in [0.4, 0.5) is 5.69 Å². The van der Waals surface area contributed by atoms with Gasteiger partial charge in [-0.2, -0.15) is 5.26 Å². The van der Waals surface area contributed by atoms with E-state index in [1.165, 1.54) is 7.11 Å². The monoisotopic (exact) mass is 407 g/mol. The Balaban J connectivity index is 1.75. The molecule has 0 bridgehead atoms. The summed E-state index contributed by atoms with van der Waals surface area (Å²) in [5, 5.41) is 12.2. The molecule has 1 aromatic heterocycles. The van der Waals surface area contributed by atoms with Gasteiger partial charge in [0.2, 0.25) is 0 Å². The molecule has 2 heterocycles. The summed E-state index contributed by atoms with van der Waals surface area (Å²) in [6.45, 7) is 5.56. The average Bonchev–Trinajstić information content (AvgIpc) is 3.35. The summed E-state index contributed by atoms with van der Waals surface area (Å²) >= 11 is 0. The van der Waals surface area contributed by atoms with Gasteiger partial charge in [0.1, 0.15) is 11.6 Å². The van der Waals surface area contributed by atoms with Crippen LogP contribution in [0.5, 0.6) is 0 Å². The highest BCUT2D eigenvalue weighted by molar-refractivity contribution is 6.09. The third-order valence-corrected chi connectivity index (χ3v) is 5.25. The summed E-state index contributed by atoms with van der Waals surface area (Å²) in [6.07, 6.45) is 3.93. The molecule has 1 saturated heterocycles. The summed E-state index contributed by atoms with van der Waals surface area (Å²) in [5.74, 6) is -0.962. The highest BCUT2D eigenvalue weighted by atomic mass is 16.5. The lowest BCUT2D eigenvalue weighted by atomic mass is 10.1. The molecule has 0 radical (unpaired) electrons. The first kappa shape index (κ1) is 21.3. The summed E-state index contributed by atoms with van der Waals surface area (Å²) < 4.78 is 12.6. The van der Waals surface area contributed by atoms with E-state index in [1.54, 1.807) is 30.3 Å². The maximum Gasteiger partial charge on any atom is 0.337 e. The normalized spacial score (nSPS) is 16.2. The molecule has 1 aromatic carbocycles. The van der Waals surface area contributed by atoms with Crippen LogP contribution in [-0.4, -0.2) is 36.3 Å². The lowest BCUT2D eigenvalue weighted by Crippen LogP contribution is -2.17. The summed E-state index contributed by atoms with van der Waals surface area (Å²) in [4.78, 5) is 24.1. The van der Waals surface area contributed by atoms with Gasteiger partial charge in [-0.05, 0) is 68.7 Å². The molecule has 1 atom stereocenters. The molecule has 0 unspecified atom stereocenters. The Kier molecular flexibility index (Phi) is 6.70.